The number of aliphatic hydroxyl groups excluding tert-OH is 1. The van der Waals surface area contributed by atoms with Gasteiger partial charge in [-0.3, -0.25) is 0 Å². The first-order chi connectivity index (χ1) is 8.20. The molecule has 1 aromatic rings. The summed E-state index contributed by atoms with van der Waals surface area (Å²) < 4.78 is 5.33. The number of nitrogens with zero attached hydrogens (tertiary/aromatic N) is 2. The van der Waals surface area contributed by atoms with E-state index in [0.29, 0.717) is 19.7 Å². The zero-order valence-electron chi connectivity index (χ0n) is 9.24. The molecule has 0 bridgehead atoms. The predicted octanol–water partition coefficient (Wildman–Crippen LogP) is -0.0227. The largest absolute Gasteiger partial charge is 0.477 e. The van der Waals surface area contributed by atoms with E-state index in [0.717, 1.165) is 5.69 Å². The maximum absolute atomic E-state index is 10.7. The van der Waals surface area contributed by atoms with Crippen molar-refractivity contribution < 1.29 is 19.7 Å². The quantitative estimate of drug-likeness (QED) is 0.770. The third-order valence-electron chi connectivity index (χ3n) is 2.67. The topological polar surface area (TPSA) is 82.9 Å². The normalized spacial score (nSPS) is 20.3. The van der Waals surface area contributed by atoms with Crippen LogP contribution in [0.25, 0.3) is 0 Å². The number of carbonyl (C=O) groups is 1. The first-order valence-electron chi connectivity index (χ1n) is 5.37. The molecule has 1 aliphatic heterocycles. The van der Waals surface area contributed by atoms with Crippen molar-refractivity contribution in [3.05, 3.63) is 24.0 Å². The van der Waals surface area contributed by atoms with Crippen LogP contribution >= 0.6 is 0 Å². The van der Waals surface area contributed by atoms with Crippen molar-refractivity contribution in [2.24, 2.45) is 0 Å². The standard InChI is InChI=1S/C11H14N2O4/c14-7-9-6-13(3-4-17-9)8-1-2-10(11(15)16)12-5-8/h1-2,5,9,14H,3-4,6-7H2,(H,15,16). The van der Waals surface area contributed by atoms with Crippen LogP contribution < -0.4 is 4.90 Å². The Hall–Kier alpha value is -1.66. The number of hydrogen-bond acceptors (Lipinski definition) is 5. The Bertz CT molecular complexity index is 393. The minimum Gasteiger partial charge on any atom is -0.477 e. The Morgan fingerprint density at radius 3 is 3.00 bits per heavy atom. The zero-order chi connectivity index (χ0) is 12.3. The minimum absolute atomic E-state index is 0.0167. The van der Waals surface area contributed by atoms with Gasteiger partial charge in [0, 0.05) is 13.1 Å². The third-order valence-corrected chi connectivity index (χ3v) is 2.67. The SMILES string of the molecule is O=C(O)c1ccc(N2CCOC(CO)C2)cn1. The van der Waals surface area contributed by atoms with Gasteiger partial charge in [0.25, 0.3) is 0 Å². The zero-order valence-corrected chi connectivity index (χ0v) is 9.24. The number of aromatic carboxylic acids is 1. The Balaban J connectivity index is 2.08. The van der Waals surface area contributed by atoms with Crippen molar-refractivity contribution in [1.82, 2.24) is 4.98 Å². The van der Waals surface area contributed by atoms with Gasteiger partial charge in [-0.05, 0) is 12.1 Å². The molecular weight excluding hydrogens is 224 g/mol. The lowest BCUT2D eigenvalue weighted by Crippen LogP contribution is -2.44. The highest BCUT2D eigenvalue weighted by atomic mass is 16.5. The molecule has 17 heavy (non-hydrogen) atoms. The van der Waals surface area contributed by atoms with Crippen molar-refractivity contribution in [2.45, 2.75) is 6.10 Å². The number of hydrogen-bond donors (Lipinski definition) is 2. The smallest absolute Gasteiger partial charge is 0.354 e. The second-order valence-electron chi connectivity index (χ2n) is 3.83. The van der Waals surface area contributed by atoms with Crippen LogP contribution in [0.15, 0.2) is 18.3 Å². The molecule has 92 valence electrons. The van der Waals surface area contributed by atoms with Crippen LogP contribution in [0.1, 0.15) is 10.5 Å². The molecule has 0 amide bonds. The van der Waals surface area contributed by atoms with Crippen molar-refractivity contribution in [3.8, 4) is 0 Å². The van der Waals surface area contributed by atoms with Crippen LogP contribution in [0, 0.1) is 0 Å². The van der Waals surface area contributed by atoms with Gasteiger partial charge in [-0.2, -0.15) is 0 Å². The monoisotopic (exact) mass is 238 g/mol. The first-order valence-corrected chi connectivity index (χ1v) is 5.37. The van der Waals surface area contributed by atoms with E-state index in [9.17, 15) is 4.79 Å². The van der Waals surface area contributed by atoms with E-state index in [1.165, 1.54) is 12.3 Å². The lowest BCUT2D eigenvalue weighted by Gasteiger charge is -2.33. The van der Waals surface area contributed by atoms with Gasteiger partial charge >= 0.3 is 5.97 Å². The number of anilines is 1. The van der Waals surface area contributed by atoms with Crippen LogP contribution in [0.3, 0.4) is 0 Å². The molecule has 1 aliphatic rings. The van der Waals surface area contributed by atoms with Gasteiger partial charge in [0.1, 0.15) is 5.69 Å². The molecule has 6 heteroatoms. The van der Waals surface area contributed by atoms with Gasteiger partial charge in [0.2, 0.25) is 0 Å². The molecule has 2 rings (SSSR count). The van der Waals surface area contributed by atoms with E-state index >= 15 is 0 Å². The highest BCUT2D eigenvalue weighted by molar-refractivity contribution is 5.85. The predicted molar refractivity (Wildman–Crippen MR) is 60.2 cm³/mol. The summed E-state index contributed by atoms with van der Waals surface area (Å²) in [7, 11) is 0. The number of carboxylic acids is 1. The Labute approximate surface area is 98.5 Å². The van der Waals surface area contributed by atoms with Crippen LogP contribution in [0.4, 0.5) is 5.69 Å². The molecule has 2 heterocycles. The summed E-state index contributed by atoms with van der Waals surface area (Å²) in [6.45, 7) is 1.83. The number of aliphatic hydroxyl groups is 1. The maximum atomic E-state index is 10.7. The third kappa shape index (κ3) is 2.72. The summed E-state index contributed by atoms with van der Waals surface area (Å²) in [5.74, 6) is -1.04. The fourth-order valence-corrected chi connectivity index (χ4v) is 1.76. The number of aromatic nitrogens is 1. The van der Waals surface area contributed by atoms with E-state index < -0.39 is 5.97 Å². The number of ether oxygens (including phenoxy) is 1. The molecule has 1 atom stereocenters. The van der Waals surface area contributed by atoms with Crippen LogP contribution in [-0.2, 0) is 4.74 Å². The molecule has 6 nitrogen and oxygen atoms in total. The minimum atomic E-state index is -1.04. The van der Waals surface area contributed by atoms with E-state index in [1.54, 1.807) is 6.07 Å². The maximum Gasteiger partial charge on any atom is 0.354 e. The fraction of sp³-hybridized carbons (Fsp3) is 0.455. The second-order valence-corrected chi connectivity index (χ2v) is 3.83. The van der Waals surface area contributed by atoms with Gasteiger partial charge < -0.3 is 19.8 Å². The van der Waals surface area contributed by atoms with E-state index in [1.807, 2.05) is 4.90 Å². The average Bonchev–Trinajstić information content (AvgIpc) is 2.39. The molecule has 0 aliphatic carbocycles. The Kier molecular flexibility index (Phi) is 3.55. The highest BCUT2D eigenvalue weighted by Gasteiger charge is 2.20. The summed E-state index contributed by atoms with van der Waals surface area (Å²) in [6.07, 6.45) is 1.34. The van der Waals surface area contributed by atoms with E-state index in [-0.39, 0.29) is 18.4 Å². The molecule has 1 aromatic heterocycles. The van der Waals surface area contributed by atoms with Crippen LogP contribution in [0.2, 0.25) is 0 Å². The van der Waals surface area contributed by atoms with Gasteiger partial charge in [-0.1, -0.05) is 0 Å². The van der Waals surface area contributed by atoms with E-state index in [4.69, 9.17) is 14.9 Å². The summed E-state index contributed by atoms with van der Waals surface area (Å²) in [6, 6.07) is 3.19. The van der Waals surface area contributed by atoms with Gasteiger partial charge in [-0.15, -0.1) is 0 Å². The summed E-state index contributed by atoms with van der Waals surface area (Å²) >= 11 is 0. The Morgan fingerprint density at radius 1 is 1.59 bits per heavy atom. The summed E-state index contributed by atoms with van der Waals surface area (Å²) in [5, 5.41) is 17.8. The molecule has 1 unspecified atom stereocenters. The number of rotatable bonds is 3. The summed E-state index contributed by atoms with van der Waals surface area (Å²) in [5.41, 5.74) is 0.873. The lowest BCUT2D eigenvalue weighted by molar-refractivity contribution is 0.00355. The fourth-order valence-electron chi connectivity index (χ4n) is 1.76. The highest BCUT2D eigenvalue weighted by Crippen LogP contribution is 2.16. The van der Waals surface area contributed by atoms with Crippen LogP contribution in [-0.4, -0.2) is 53.6 Å². The van der Waals surface area contributed by atoms with Crippen LogP contribution in [0.5, 0.6) is 0 Å². The summed E-state index contributed by atoms with van der Waals surface area (Å²) in [4.78, 5) is 16.5. The lowest BCUT2D eigenvalue weighted by atomic mass is 10.2. The number of carboxylic acid groups (broad SMARTS) is 1. The molecule has 0 saturated carbocycles. The van der Waals surface area contributed by atoms with E-state index in [2.05, 4.69) is 4.98 Å². The van der Waals surface area contributed by atoms with Gasteiger partial charge in [0.05, 0.1) is 31.2 Å². The molecule has 0 spiro atoms. The van der Waals surface area contributed by atoms with Gasteiger partial charge in [0.15, 0.2) is 0 Å². The number of pyridine rings is 1. The Morgan fingerprint density at radius 2 is 2.41 bits per heavy atom. The molecule has 1 fully saturated rings. The average molecular weight is 238 g/mol. The van der Waals surface area contributed by atoms with Gasteiger partial charge in [-0.25, -0.2) is 9.78 Å². The molecule has 2 N–H and O–H groups in total. The van der Waals surface area contributed by atoms with Crippen molar-refractivity contribution >= 4 is 11.7 Å². The molecule has 1 saturated heterocycles. The van der Waals surface area contributed by atoms with Crippen molar-refractivity contribution in [2.75, 3.05) is 31.2 Å². The van der Waals surface area contributed by atoms with Crippen molar-refractivity contribution in [3.63, 3.8) is 0 Å². The van der Waals surface area contributed by atoms with Crippen molar-refractivity contribution in [1.29, 1.82) is 0 Å². The first kappa shape index (κ1) is 11.8. The second kappa shape index (κ2) is 5.11. The molecule has 0 radical (unpaired) electrons. The molecular formula is C11H14N2O4. The number of morpholine rings is 1. The molecule has 0 aromatic carbocycles.